The van der Waals surface area contributed by atoms with E-state index in [4.69, 9.17) is 4.74 Å². The first-order chi connectivity index (χ1) is 10.1. The van der Waals surface area contributed by atoms with Gasteiger partial charge in [0, 0.05) is 0 Å². The Kier molecular flexibility index (Phi) is 3.39. The van der Waals surface area contributed by atoms with Gasteiger partial charge in [-0.25, -0.2) is 4.39 Å². The van der Waals surface area contributed by atoms with Crippen molar-refractivity contribution in [1.29, 1.82) is 5.26 Å². The molecule has 106 valence electrons. The number of fused-ring (bicyclic) bond motifs is 1. The molecule has 1 aliphatic heterocycles. The van der Waals surface area contributed by atoms with E-state index >= 15 is 0 Å². The van der Waals surface area contributed by atoms with Crippen LogP contribution in [0, 0.1) is 29.5 Å². The van der Waals surface area contributed by atoms with E-state index in [0.29, 0.717) is 19.4 Å². The molecule has 3 rings (SSSR count). The fourth-order valence-electron chi connectivity index (χ4n) is 2.84. The van der Waals surface area contributed by atoms with Gasteiger partial charge < -0.3 is 4.74 Å². The van der Waals surface area contributed by atoms with Crippen LogP contribution < -0.4 is 4.74 Å². The quantitative estimate of drug-likeness (QED) is 0.838. The molecule has 3 heteroatoms. The van der Waals surface area contributed by atoms with Crippen LogP contribution in [0.3, 0.4) is 0 Å². The van der Waals surface area contributed by atoms with E-state index in [-0.39, 0.29) is 5.82 Å². The highest BCUT2D eigenvalue weighted by Crippen LogP contribution is 2.37. The van der Waals surface area contributed by atoms with Gasteiger partial charge in [0.25, 0.3) is 0 Å². The summed E-state index contributed by atoms with van der Waals surface area (Å²) in [5.74, 6) is 0.583. The van der Waals surface area contributed by atoms with E-state index in [9.17, 15) is 9.65 Å². The normalized spacial score (nSPS) is 20.2. The Balaban J connectivity index is 1.93. The molecule has 0 saturated heterocycles. The summed E-state index contributed by atoms with van der Waals surface area (Å²) in [5, 5.41) is 9.66. The van der Waals surface area contributed by atoms with Gasteiger partial charge in [0.1, 0.15) is 18.2 Å². The SMILES string of the molecule is Cc1ccc(F)cc1CC1(C#N)COc2ccccc2C1. The molecule has 0 amide bonds. The van der Waals surface area contributed by atoms with Crippen molar-refractivity contribution in [2.75, 3.05) is 6.61 Å². The number of aryl methyl sites for hydroxylation is 1. The average Bonchev–Trinajstić information content (AvgIpc) is 2.51. The molecule has 1 aliphatic rings. The van der Waals surface area contributed by atoms with E-state index in [1.807, 2.05) is 31.2 Å². The highest BCUT2D eigenvalue weighted by atomic mass is 19.1. The Labute approximate surface area is 123 Å². The van der Waals surface area contributed by atoms with Crippen molar-refractivity contribution in [3.8, 4) is 11.8 Å². The molecule has 0 fully saturated rings. The van der Waals surface area contributed by atoms with E-state index in [0.717, 1.165) is 22.4 Å². The van der Waals surface area contributed by atoms with Crippen LogP contribution >= 0.6 is 0 Å². The zero-order valence-corrected chi connectivity index (χ0v) is 11.9. The molecular formula is C18H16FNO. The number of benzene rings is 2. The maximum Gasteiger partial charge on any atom is 0.123 e. The Morgan fingerprint density at radius 1 is 1.29 bits per heavy atom. The van der Waals surface area contributed by atoms with E-state index in [1.54, 1.807) is 6.07 Å². The molecule has 0 aromatic heterocycles. The summed E-state index contributed by atoms with van der Waals surface area (Å²) >= 11 is 0. The molecule has 0 radical (unpaired) electrons. The molecule has 0 spiro atoms. The van der Waals surface area contributed by atoms with Crippen molar-refractivity contribution in [1.82, 2.24) is 0 Å². The van der Waals surface area contributed by atoms with Crippen molar-refractivity contribution in [3.05, 3.63) is 65.0 Å². The molecular weight excluding hydrogens is 265 g/mol. The first kappa shape index (κ1) is 13.6. The predicted molar refractivity (Wildman–Crippen MR) is 78.5 cm³/mol. The first-order valence-electron chi connectivity index (χ1n) is 6.99. The highest BCUT2D eigenvalue weighted by Gasteiger charge is 2.36. The Morgan fingerprint density at radius 2 is 2.10 bits per heavy atom. The minimum atomic E-state index is -0.632. The Bertz CT molecular complexity index is 719. The second-order valence-electron chi connectivity index (χ2n) is 5.71. The minimum Gasteiger partial charge on any atom is -0.492 e. The molecule has 2 nitrogen and oxygen atoms in total. The Morgan fingerprint density at radius 3 is 2.90 bits per heavy atom. The van der Waals surface area contributed by atoms with Gasteiger partial charge in [-0.05, 0) is 54.7 Å². The third kappa shape index (κ3) is 2.62. The fourth-order valence-corrected chi connectivity index (χ4v) is 2.84. The lowest BCUT2D eigenvalue weighted by molar-refractivity contribution is 0.169. The minimum absolute atomic E-state index is 0.263. The predicted octanol–water partition coefficient (Wildman–Crippen LogP) is 3.82. The Hall–Kier alpha value is -2.34. The summed E-state index contributed by atoms with van der Waals surface area (Å²) in [6, 6.07) is 14.9. The van der Waals surface area contributed by atoms with Crippen LogP contribution in [0.1, 0.15) is 16.7 Å². The van der Waals surface area contributed by atoms with Gasteiger partial charge in [-0.1, -0.05) is 24.3 Å². The molecule has 21 heavy (non-hydrogen) atoms. The maximum atomic E-state index is 13.5. The summed E-state index contributed by atoms with van der Waals surface area (Å²) in [6.07, 6.45) is 1.14. The van der Waals surface area contributed by atoms with Crippen LogP contribution in [0.4, 0.5) is 4.39 Å². The smallest absolute Gasteiger partial charge is 0.123 e. The first-order valence-corrected chi connectivity index (χ1v) is 6.99. The number of rotatable bonds is 2. The zero-order chi connectivity index (χ0) is 14.9. The monoisotopic (exact) mass is 281 g/mol. The van der Waals surface area contributed by atoms with Gasteiger partial charge in [-0.3, -0.25) is 0 Å². The summed E-state index contributed by atoms with van der Waals surface area (Å²) in [7, 11) is 0. The topological polar surface area (TPSA) is 33.0 Å². The molecule has 1 atom stereocenters. The summed E-state index contributed by atoms with van der Waals surface area (Å²) < 4.78 is 19.2. The second-order valence-corrected chi connectivity index (χ2v) is 5.71. The van der Waals surface area contributed by atoms with E-state index < -0.39 is 5.41 Å². The molecule has 0 aliphatic carbocycles. The molecule has 2 aromatic carbocycles. The van der Waals surface area contributed by atoms with Crippen LogP contribution in [0.25, 0.3) is 0 Å². The number of hydrogen-bond donors (Lipinski definition) is 0. The van der Waals surface area contributed by atoms with Gasteiger partial charge in [-0.2, -0.15) is 5.26 Å². The van der Waals surface area contributed by atoms with Crippen LogP contribution in [0.2, 0.25) is 0 Å². The average molecular weight is 281 g/mol. The molecule has 1 unspecified atom stereocenters. The third-order valence-corrected chi connectivity index (χ3v) is 4.08. The lowest BCUT2D eigenvalue weighted by Gasteiger charge is -2.32. The molecule has 0 saturated carbocycles. The van der Waals surface area contributed by atoms with E-state index in [1.165, 1.54) is 12.1 Å². The zero-order valence-electron chi connectivity index (χ0n) is 11.9. The summed E-state index contributed by atoms with van der Waals surface area (Å²) in [6.45, 7) is 2.29. The second kappa shape index (κ2) is 5.21. The maximum absolute atomic E-state index is 13.5. The fraction of sp³-hybridized carbons (Fsp3) is 0.278. The van der Waals surface area contributed by atoms with E-state index in [2.05, 4.69) is 6.07 Å². The number of para-hydroxylation sites is 1. The standard InChI is InChI=1S/C18H16FNO/c1-13-6-7-16(19)8-15(13)10-18(11-20)9-14-4-2-3-5-17(14)21-12-18/h2-8H,9-10,12H2,1H3. The number of nitriles is 1. The van der Waals surface area contributed by atoms with Gasteiger partial charge in [0.2, 0.25) is 0 Å². The van der Waals surface area contributed by atoms with Crippen LogP contribution in [0.5, 0.6) is 5.75 Å². The third-order valence-electron chi connectivity index (χ3n) is 4.08. The number of ether oxygens (including phenoxy) is 1. The van der Waals surface area contributed by atoms with Crippen LogP contribution in [-0.2, 0) is 12.8 Å². The van der Waals surface area contributed by atoms with Crippen molar-refractivity contribution in [2.45, 2.75) is 19.8 Å². The molecule has 2 aromatic rings. The number of halogens is 1. The van der Waals surface area contributed by atoms with Gasteiger partial charge >= 0.3 is 0 Å². The van der Waals surface area contributed by atoms with Crippen LogP contribution in [0.15, 0.2) is 42.5 Å². The lowest BCUT2D eigenvalue weighted by atomic mass is 9.76. The van der Waals surface area contributed by atoms with Gasteiger partial charge in [0.15, 0.2) is 0 Å². The molecule has 0 N–H and O–H groups in total. The molecule has 1 heterocycles. The van der Waals surface area contributed by atoms with Gasteiger partial charge in [0.05, 0.1) is 11.5 Å². The van der Waals surface area contributed by atoms with Crippen LogP contribution in [-0.4, -0.2) is 6.61 Å². The van der Waals surface area contributed by atoms with Crippen molar-refractivity contribution in [3.63, 3.8) is 0 Å². The number of hydrogen-bond acceptors (Lipinski definition) is 2. The van der Waals surface area contributed by atoms with Crippen molar-refractivity contribution < 1.29 is 9.13 Å². The lowest BCUT2D eigenvalue weighted by Crippen LogP contribution is -2.35. The van der Waals surface area contributed by atoms with Gasteiger partial charge in [-0.15, -0.1) is 0 Å². The van der Waals surface area contributed by atoms with Crippen molar-refractivity contribution in [2.24, 2.45) is 5.41 Å². The summed E-state index contributed by atoms with van der Waals surface area (Å²) in [5.41, 5.74) is 2.29. The molecule has 0 bridgehead atoms. The number of nitrogens with zero attached hydrogens (tertiary/aromatic N) is 1. The van der Waals surface area contributed by atoms with Crippen molar-refractivity contribution >= 4 is 0 Å². The highest BCUT2D eigenvalue weighted by molar-refractivity contribution is 5.39. The largest absolute Gasteiger partial charge is 0.492 e. The summed E-state index contributed by atoms with van der Waals surface area (Å²) in [4.78, 5) is 0.